The number of aliphatic carboxylic acids is 1. The Hall–Kier alpha value is -0.570. The molecule has 1 N–H and O–H groups in total. The molecule has 0 aromatic carbocycles. The second-order valence-electron chi connectivity index (χ2n) is 4.51. The number of carbonyl (C=O) groups is 1. The van der Waals surface area contributed by atoms with Gasteiger partial charge in [-0.25, -0.2) is 0 Å². The van der Waals surface area contributed by atoms with Crippen LogP contribution in [0, 0.1) is 5.92 Å². The van der Waals surface area contributed by atoms with Gasteiger partial charge in [-0.1, -0.05) is 6.92 Å². The van der Waals surface area contributed by atoms with Crippen LogP contribution >= 0.6 is 0 Å². The molecule has 2 unspecified atom stereocenters. The molecule has 13 heavy (non-hydrogen) atoms. The van der Waals surface area contributed by atoms with Crippen molar-refractivity contribution in [2.24, 2.45) is 5.92 Å². The normalized spacial score (nSPS) is 28.7. The van der Waals surface area contributed by atoms with Gasteiger partial charge in [0.2, 0.25) is 0 Å². The Kier molecular flexibility index (Phi) is 2.96. The van der Waals surface area contributed by atoms with E-state index < -0.39 is 5.97 Å². The van der Waals surface area contributed by atoms with Crippen LogP contribution in [0.5, 0.6) is 0 Å². The van der Waals surface area contributed by atoms with E-state index in [0.717, 1.165) is 12.8 Å². The van der Waals surface area contributed by atoms with Crippen LogP contribution in [0.4, 0.5) is 0 Å². The average Bonchev–Trinajstić information content (AvgIpc) is 2.30. The van der Waals surface area contributed by atoms with E-state index in [9.17, 15) is 4.79 Å². The number of carboxylic acids is 1. The molecular formula is C10H18O3. The molecule has 0 aliphatic carbocycles. The summed E-state index contributed by atoms with van der Waals surface area (Å²) >= 11 is 0. The minimum absolute atomic E-state index is 0.0527. The van der Waals surface area contributed by atoms with Crippen molar-refractivity contribution in [1.29, 1.82) is 0 Å². The van der Waals surface area contributed by atoms with Crippen LogP contribution in [0.25, 0.3) is 0 Å². The fourth-order valence-electron chi connectivity index (χ4n) is 1.74. The summed E-state index contributed by atoms with van der Waals surface area (Å²) in [6.07, 6.45) is 2.80. The Labute approximate surface area is 79.1 Å². The molecule has 3 nitrogen and oxygen atoms in total. The summed E-state index contributed by atoms with van der Waals surface area (Å²) in [5.74, 6) is -1.02. The van der Waals surface area contributed by atoms with E-state index in [1.54, 1.807) is 6.92 Å². The molecule has 1 aliphatic heterocycles. The topological polar surface area (TPSA) is 46.5 Å². The molecule has 76 valence electrons. The van der Waals surface area contributed by atoms with Crippen LogP contribution in [-0.4, -0.2) is 22.8 Å². The van der Waals surface area contributed by atoms with E-state index in [-0.39, 0.29) is 17.6 Å². The van der Waals surface area contributed by atoms with Gasteiger partial charge in [0.25, 0.3) is 0 Å². The van der Waals surface area contributed by atoms with Crippen LogP contribution in [0.2, 0.25) is 0 Å². The molecule has 0 aromatic heterocycles. The molecule has 1 heterocycles. The summed E-state index contributed by atoms with van der Waals surface area (Å²) in [4.78, 5) is 10.6. The second kappa shape index (κ2) is 3.66. The third-order valence-electron chi connectivity index (χ3n) is 2.59. The average molecular weight is 186 g/mol. The zero-order chi connectivity index (χ0) is 10.1. The van der Waals surface area contributed by atoms with Crippen LogP contribution in [0.15, 0.2) is 0 Å². The SMILES string of the molecule is CC(CC1CCC(C)(C)O1)C(=O)O. The molecule has 0 bridgehead atoms. The molecule has 1 aliphatic rings. The highest BCUT2D eigenvalue weighted by Crippen LogP contribution is 2.32. The first-order chi connectivity index (χ1) is 5.91. The predicted octanol–water partition coefficient (Wildman–Crippen LogP) is 2.05. The molecule has 0 amide bonds. The van der Waals surface area contributed by atoms with E-state index in [1.165, 1.54) is 0 Å². The molecule has 1 fully saturated rings. The van der Waals surface area contributed by atoms with Crippen molar-refractivity contribution in [1.82, 2.24) is 0 Å². The monoisotopic (exact) mass is 186 g/mol. The molecule has 1 saturated heterocycles. The van der Waals surface area contributed by atoms with Crippen molar-refractivity contribution in [2.75, 3.05) is 0 Å². The molecule has 0 saturated carbocycles. The van der Waals surface area contributed by atoms with Crippen molar-refractivity contribution >= 4 is 5.97 Å². The summed E-state index contributed by atoms with van der Waals surface area (Å²) in [7, 11) is 0. The van der Waals surface area contributed by atoms with Gasteiger partial charge in [-0.05, 0) is 33.1 Å². The van der Waals surface area contributed by atoms with Crippen LogP contribution in [-0.2, 0) is 9.53 Å². The van der Waals surface area contributed by atoms with Gasteiger partial charge in [0.05, 0.1) is 17.6 Å². The Morgan fingerprint density at radius 3 is 2.69 bits per heavy atom. The maximum absolute atomic E-state index is 10.6. The molecule has 0 spiro atoms. The van der Waals surface area contributed by atoms with Crippen LogP contribution < -0.4 is 0 Å². The van der Waals surface area contributed by atoms with Crippen molar-refractivity contribution in [2.45, 2.75) is 51.7 Å². The van der Waals surface area contributed by atoms with Crippen molar-refractivity contribution in [3.8, 4) is 0 Å². The minimum atomic E-state index is -0.728. The first-order valence-corrected chi connectivity index (χ1v) is 4.81. The van der Waals surface area contributed by atoms with E-state index in [2.05, 4.69) is 13.8 Å². The minimum Gasteiger partial charge on any atom is -0.481 e. The molecule has 3 heteroatoms. The van der Waals surface area contributed by atoms with Gasteiger partial charge in [-0.2, -0.15) is 0 Å². The summed E-state index contributed by atoms with van der Waals surface area (Å²) in [6, 6.07) is 0. The predicted molar refractivity (Wildman–Crippen MR) is 49.6 cm³/mol. The molecule has 1 rings (SSSR count). The zero-order valence-corrected chi connectivity index (χ0v) is 8.54. The van der Waals surface area contributed by atoms with E-state index in [1.807, 2.05) is 0 Å². The van der Waals surface area contributed by atoms with Crippen LogP contribution in [0.1, 0.15) is 40.0 Å². The summed E-state index contributed by atoms with van der Waals surface area (Å²) in [5, 5.41) is 8.72. The highest BCUT2D eigenvalue weighted by molar-refractivity contribution is 5.69. The quantitative estimate of drug-likeness (QED) is 0.733. The molecule has 2 atom stereocenters. The lowest BCUT2D eigenvalue weighted by atomic mass is 10.0. The standard InChI is InChI=1S/C10H18O3/c1-7(9(11)12)6-8-4-5-10(2,3)13-8/h7-8H,4-6H2,1-3H3,(H,11,12). The molecular weight excluding hydrogens is 168 g/mol. The van der Waals surface area contributed by atoms with E-state index in [0.29, 0.717) is 6.42 Å². The maximum Gasteiger partial charge on any atom is 0.306 e. The number of rotatable bonds is 3. The Morgan fingerprint density at radius 2 is 2.31 bits per heavy atom. The number of hydrogen-bond donors (Lipinski definition) is 1. The van der Waals surface area contributed by atoms with Gasteiger partial charge in [-0.3, -0.25) is 4.79 Å². The largest absolute Gasteiger partial charge is 0.481 e. The third-order valence-corrected chi connectivity index (χ3v) is 2.59. The summed E-state index contributed by atoms with van der Waals surface area (Å²) < 4.78 is 5.71. The highest BCUT2D eigenvalue weighted by atomic mass is 16.5. The Bertz CT molecular complexity index is 198. The van der Waals surface area contributed by atoms with E-state index >= 15 is 0 Å². The first kappa shape index (κ1) is 10.5. The van der Waals surface area contributed by atoms with Crippen molar-refractivity contribution in [3.63, 3.8) is 0 Å². The lowest BCUT2D eigenvalue weighted by molar-refractivity contribution is -0.142. The smallest absolute Gasteiger partial charge is 0.306 e. The maximum atomic E-state index is 10.6. The summed E-state index contributed by atoms with van der Waals surface area (Å²) in [5.41, 5.74) is -0.0527. The first-order valence-electron chi connectivity index (χ1n) is 4.81. The zero-order valence-electron chi connectivity index (χ0n) is 8.54. The van der Waals surface area contributed by atoms with Gasteiger partial charge in [0, 0.05) is 0 Å². The van der Waals surface area contributed by atoms with Gasteiger partial charge in [0.1, 0.15) is 0 Å². The fraction of sp³-hybridized carbons (Fsp3) is 0.900. The van der Waals surface area contributed by atoms with E-state index in [4.69, 9.17) is 9.84 Å². The molecule has 0 aromatic rings. The van der Waals surface area contributed by atoms with Gasteiger partial charge < -0.3 is 9.84 Å². The second-order valence-corrected chi connectivity index (χ2v) is 4.51. The van der Waals surface area contributed by atoms with Gasteiger partial charge in [-0.15, -0.1) is 0 Å². The molecule has 0 radical (unpaired) electrons. The Morgan fingerprint density at radius 1 is 1.69 bits per heavy atom. The van der Waals surface area contributed by atoms with Crippen LogP contribution in [0.3, 0.4) is 0 Å². The van der Waals surface area contributed by atoms with Crippen molar-refractivity contribution < 1.29 is 14.6 Å². The van der Waals surface area contributed by atoms with Crippen molar-refractivity contribution in [3.05, 3.63) is 0 Å². The fourth-order valence-corrected chi connectivity index (χ4v) is 1.74. The highest BCUT2D eigenvalue weighted by Gasteiger charge is 2.33. The Balaban J connectivity index is 2.36. The number of ether oxygens (including phenoxy) is 1. The number of hydrogen-bond acceptors (Lipinski definition) is 2. The lowest BCUT2D eigenvalue weighted by Gasteiger charge is -2.20. The third kappa shape index (κ3) is 2.99. The van der Waals surface area contributed by atoms with Gasteiger partial charge >= 0.3 is 5.97 Å². The number of carboxylic acid groups (broad SMARTS) is 1. The van der Waals surface area contributed by atoms with Gasteiger partial charge in [0.15, 0.2) is 0 Å². The lowest BCUT2D eigenvalue weighted by Crippen LogP contribution is -2.23. The summed E-state index contributed by atoms with van der Waals surface area (Å²) in [6.45, 7) is 5.84.